The molecule has 6 nitrogen and oxygen atoms in total. The van der Waals surface area contributed by atoms with Crippen LogP contribution in [0.4, 0.5) is 5.95 Å². The van der Waals surface area contributed by atoms with Gasteiger partial charge in [0.15, 0.2) is 0 Å². The molecule has 0 aliphatic carbocycles. The lowest BCUT2D eigenvalue weighted by Crippen LogP contribution is -2.02. The number of rotatable bonds is 2. The Labute approximate surface area is 132 Å². The SMILES string of the molecule is Nc1nnc(-c2ccc3nccnc3c2)c(-c2ccccc2)n1. The third kappa shape index (κ3) is 2.46. The number of nitrogens with two attached hydrogens (primary N) is 1. The fraction of sp³-hybridized carbons (Fsp3) is 0. The molecular formula is C17H12N6. The van der Waals surface area contributed by atoms with Crippen LogP contribution in [0.2, 0.25) is 0 Å². The maximum absolute atomic E-state index is 5.73. The summed E-state index contributed by atoms with van der Waals surface area (Å²) in [5, 5.41) is 8.15. The fourth-order valence-electron chi connectivity index (χ4n) is 2.44. The molecule has 0 fully saturated rings. The monoisotopic (exact) mass is 300 g/mol. The second kappa shape index (κ2) is 5.42. The molecule has 2 aromatic heterocycles. The van der Waals surface area contributed by atoms with Gasteiger partial charge in [0.25, 0.3) is 0 Å². The first-order chi connectivity index (χ1) is 11.3. The van der Waals surface area contributed by atoms with Crippen LogP contribution in [0.15, 0.2) is 60.9 Å². The van der Waals surface area contributed by atoms with Gasteiger partial charge in [-0.15, -0.1) is 10.2 Å². The van der Waals surface area contributed by atoms with Crippen molar-refractivity contribution in [3.63, 3.8) is 0 Å². The molecule has 4 rings (SSSR count). The molecule has 4 aromatic rings. The molecule has 0 spiro atoms. The minimum absolute atomic E-state index is 0.146. The zero-order valence-electron chi connectivity index (χ0n) is 12.1. The van der Waals surface area contributed by atoms with Gasteiger partial charge in [-0.2, -0.15) is 0 Å². The Morgan fingerprint density at radius 2 is 1.48 bits per heavy atom. The van der Waals surface area contributed by atoms with Gasteiger partial charge >= 0.3 is 0 Å². The quantitative estimate of drug-likeness (QED) is 0.612. The highest BCUT2D eigenvalue weighted by Crippen LogP contribution is 2.29. The van der Waals surface area contributed by atoms with E-state index in [9.17, 15) is 0 Å². The van der Waals surface area contributed by atoms with Crippen molar-refractivity contribution < 1.29 is 0 Å². The molecule has 0 aliphatic rings. The van der Waals surface area contributed by atoms with Gasteiger partial charge in [0.1, 0.15) is 11.4 Å². The molecule has 2 heterocycles. The average molecular weight is 300 g/mol. The first kappa shape index (κ1) is 13.3. The lowest BCUT2D eigenvalue weighted by molar-refractivity contribution is 0.997. The predicted molar refractivity (Wildman–Crippen MR) is 88.2 cm³/mol. The van der Waals surface area contributed by atoms with Crippen LogP contribution < -0.4 is 5.73 Å². The maximum Gasteiger partial charge on any atom is 0.240 e. The number of nitrogen functional groups attached to an aromatic ring is 1. The average Bonchev–Trinajstić information content (AvgIpc) is 2.62. The van der Waals surface area contributed by atoms with E-state index in [0.29, 0.717) is 11.4 Å². The number of anilines is 1. The van der Waals surface area contributed by atoms with Crippen LogP contribution in [0.5, 0.6) is 0 Å². The molecule has 2 aromatic carbocycles. The second-order valence-corrected chi connectivity index (χ2v) is 4.99. The van der Waals surface area contributed by atoms with Crippen molar-refractivity contribution in [2.24, 2.45) is 0 Å². The van der Waals surface area contributed by atoms with E-state index < -0.39 is 0 Å². The summed E-state index contributed by atoms with van der Waals surface area (Å²) in [5.41, 5.74) is 10.5. The van der Waals surface area contributed by atoms with Gasteiger partial charge in [-0.05, 0) is 12.1 Å². The van der Waals surface area contributed by atoms with Crippen LogP contribution in [0.1, 0.15) is 0 Å². The van der Waals surface area contributed by atoms with Crippen LogP contribution >= 0.6 is 0 Å². The standard InChI is InChI=1S/C17H12N6/c18-17-21-15(11-4-2-1-3-5-11)16(22-23-17)12-6-7-13-14(10-12)20-9-8-19-13/h1-10H,(H2,18,21,23). The zero-order chi connectivity index (χ0) is 15.6. The Balaban J connectivity index is 1.94. The molecule has 0 unspecified atom stereocenters. The van der Waals surface area contributed by atoms with Gasteiger partial charge in [0.2, 0.25) is 5.95 Å². The summed E-state index contributed by atoms with van der Waals surface area (Å²) in [6.45, 7) is 0. The molecule has 0 atom stereocenters. The third-order valence-electron chi connectivity index (χ3n) is 3.49. The highest BCUT2D eigenvalue weighted by molar-refractivity contribution is 5.84. The minimum Gasteiger partial charge on any atom is -0.366 e. The smallest absolute Gasteiger partial charge is 0.240 e. The molecule has 2 N–H and O–H groups in total. The largest absolute Gasteiger partial charge is 0.366 e. The Morgan fingerprint density at radius 3 is 2.30 bits per heavy atom. The summed E-state index contributed by atoms with van der Waals surface area (Å²) in [5.74, 6) is 0.146. The summed E-state index contributed by atoms with van der Waals surface area (Å²) >= 11 is 0. The Hall–Kier alpha value is -3.41. The van der Waals surface area contributed by atoms with E-state index in [0.717, 1.165) is 22.2 Å². The number of hydrogen-bond acceptors (Lipinski definition) is 6. The highest BCUT2D eigenvalue weighted by Gasteiger charge is 2.13. The molecule has 110 valence electrons. The van der Waals surface area contributed by atoms with Gasteiger partial charge < -0.3 is 5.73 Å². The Kier molecular flexibility index (Phi) is 3.12. The second-order valence-electron chi connectivity index (χ2n) is 4.99. The van der Waals surface area contributed by atoms with Crippen LogP contribution in [0, 0.1) is 0 Å². The van der Waals surface area contributed by atoms with Crippen molar-refractivity contribution in [1.29, 1.82) is 0 Å². The Bertz CT molecular complexity index is 984. The highest BCUT2D eigenvalue weighted by atomic mass is 15.2. The number of fused-ring (bicyclic) bond motifs is 1. The molecular weight excluding hydrogens is 288 g/mol. The summed E-state index contributed by atoms with van der Waals surface area (Å²) in [6, 6.07) is 15.5. The molecule has 0 amide bonds. The fourth-order valence-corrected chi connectivity index (χ4v) is 2.44. The Morgan fingerprint density at radius 1 is 0.696 bits per heavy atom. The van der Waals surface area contributed by atoms with Crippen LogP contribution in [0.25, 0.3) is 33.5 Å². The molecule has 0 saturated carbocycles. The molecule has 0 bridgehead atoms. The lowest BCUT2D eigenvalue weighted by atomic mass is 10.0. The molecule has 0 radical (unpaired) electrons. The van der Waals surface area contributed by atoms with Gasteiger partial charge in [0.05, 0.1) is 11.0 Å². The van der Waals surface area contributed by atoms with E-state index in [1.807, 2.05) is 48.5 Å². The molecule has 23 heavy (non-hydrogen) atoms. The summed E-state index contributed by atoms with van der Waals surface area (Å²) in [6.07, 6.45) is 3.33. The van der Waals surface area contributed by atoms with Crippen molar-refractivity contribution in [3.05, 3.63) is 60.9 Å². The van der Waals surface area contributed by atoms with Crippen molar-refractivity contribution in [2.75, 3.05) is 5.73 Å². The van der Waals surface area contributed by atoms with E-state index in [1.54, 1.807) is 12.4 Å². The van der Waals surface area contributed by atoms with Crippen molar-refractivity contribution in [3.8, 4) is 22.5 Å². The van der Waals surface area contributed by atoms with Crippen LogP contribution in [-0.4, -0.2) is 25.1 Å². The van der Waals surface area contributed by atoms with Gasteiger partial charge in [-0.1, -0.05) is 36.4 Å². The van der Waals surface area contributed by atoms with E-state index in [2.05, 4.69) is 25.1 Å². The molecule has 0 aliphatic heterocycles. The lowest BCUT2D eigenvalue weighted by Gasteiger charge is -2.08. The van der Waals surface area contributed by atoms with E-state index >= 15 is 0 Å². The normalized spacial score (nSPS) is 10.8. The molecule has 0 saturated heterocycles. The maximum atomic E-state index is 5.73. The van der Waals surface area contributed by atoms with Crippen molar-refractivity contribution >= 4 is 17.0 Å². The van der Waals surface area contributed by atoms with Crippen molar-refractivity contribution in [1.82, 2.24) is 25.1 Å². The minimum atomic E-state index is 0.146. The van der Waals surface area contributed by atoms with E-state index in [1.165, 1.54) is 0 Å². The summed E-state index contributed by atoms with van der Waals surface area (Å²) < 4.78 is 0. The van der Waals surface area contributed by atoms with Gasteiger partial charge in [-0.25, -0.2) is 4.98 Å². The first-order valence-corrected chi connectivity index (χ1v) is 7.08. The van der Waals surface area contributed by atoms with Crippen LogP contribution in [0.3, 0.4) is 0 Å². The predicted octanol–water partition coefficient (Wildman–Crippen LogP) is 2.73. The van der Waals surface area contributed by atoms with Crippen molar-refractivity contribution in [2.45, 2.75) is 0 Å². The van der Waals surface area contributed by atoms with E-state index in [-0.39, 0.29) is 5.95 Å². The first-order valence-electron chi connectivity index (χ1n) is 7.08. The van der Waals surface area contributed by atoms with Gasteiger partial charge in [-0.3, -0.25) is 9.97 Å². The van der Waals surface area contributed by atoms with Gasteiger partial charge in [0, 0.05) is 23.5 Å². The number of nitrogens with zero attached hydrogens (tertiary/aromatic N) is 5. The number of benzene rings is 2. The molecule has 6 heteroatoms. The summed E-state index contributed by atoms with van der Waals surface area (Å²) in [4.78, 5) is 13.0. The third-order valence-corrected chi connectivity index (χ3v) is 3.49. The number of aromatic nitrogens is 5. The summed E-state index contributed by atoms with van der Waals surface area (Å²) in [7, 11) is 0. The van der Waals surface area contributed by atoms with Crippen LogP contribution in [-0.2, 0) is 0 Å². The number of hydrogen-bond donors (Lipinski definition) is 1. The van der Waals surface area contributed by atoms with E-state index in [4.69, 9.17) is 5.73 Å². The topological polar surface area (TPSA) is 90.5 Å². The zero-order valence-corrected chi connectivity index (χ0v) is 12.1.